The standard InChI is InChI=1S/C12H21NO4/c1-12(2,11(15)16)10(14)13(3)6-7-17-8-9-4-5-9/h9H,4-8H2,1-3H3,(H,15,16). The van der Waals surface area contributed by atoms with Crippen LogP contribution < -0.4 is 0 Å². The van der Waals surface area contributed by atoms with Crippen LogP contribution in [0.4, 0.5) is 0 Å². The molecule has 17 heavy (non-hydrogen) atoms. The fourth-order valence-electron chi connectivity index (χ4n) is 1.41. The first-order valence-corrected chi connectivity index (χ1v) is 5.92. The van der Waals surface area contributed by atoms with Gasteiger partial charge in [0.25, 0.3) is 0 Å². The van der Waals surface area contributed by atoms with Gasteiger partial charge in [0.05, 0.1) is 6.61 Å². The number of likely N-dealkylation sites (N-methyl/N-ethyl adjacent to an activating group) is 1. The largest absolute Gasteiger partial charge is 0.480 e. The van der Waals surface area contributed by atoms with Crippen LogP contribution in [0, 0.1) is 11.3 Å². The summed E-state index contributed by atoms with van der Waals surface area (Å²) in [5.41, 5.74) is -1.37. The molecule has 0 radical (unpaired) electrons. The fraction of sp³-hybridized carbons (Fsp3) is 0.833. The molecule has 0 aliphatic heterocycles. The lowest BCUT2D eigenvalue weighted by molar-refractivity contribution is -0.157. The van der Waals surface area contributed by atoms with E-state index >= 15 is 0 Å². The molecule has 1 saturated carbocycles. The Morgan fingerprint density at radius 1 is 1.41 bits per heavy atom. The van der Waals surface area contributed by atoms with Gasteiger partial charge in [0.2, 0.25) is 5.91 Å². The van der Waals surface area contributed by atoms with E-state index in [0.29, 0.717) is 19.1 Å². The first-order chi connectivity index (χ1) is 7.85. The van der Waals surface area contributed by atoms with E-state index in [-0.39, 0.29) is 5.91 Å². The summed E-state index contributed by atoms with van der Waals surface area (Å²) in [7, 11) is 1.60. The Morgan fingerprint density at radius 3 is 2.47 bits per heavy atom. The molecular weight excluding hydrogens is 222 g/mol. The minimum atomic E-state index is -1.37. The third-order valence-electron chi connectivity index (χ3n) is 3.04. The lowest BCUT2D eigenvalue weighted by Gasteiger charge is -2.25. The molecule has 0 bridgehead atoms. The van der Waals surface area contributed by atoms with Crippen molar-refractivity contribution in [3.63, 3.8) is 0 Å². The minimum Gasteiger partial charge on any atom is -0.480 e. The van der Waals surface area contributed by atoms with Gasteiger partial charge in [0.15, 0.2) is 0 Å². The van der Waals surface area contributed by atoms with Crippen LogP contribution in [0.3, 0.4) is 0 Å². The van der Waals surface area contributed by atoms with Gasteiger partial charge in [-0.05, 0) is 32.6 Å². The highest BCUT2D eigenvalue weighted by atomic mass is 16.5. The van der Waals surface area contributed by atoms with Gasteiger partial charge < -0.3 is 14.7 Å². The van der Waals surface area contributed by atoms with Crippen molar-refractivity contribution in [2.45, 2.75) is 26.7 Å². The summed E-state index contributed by atoms with van der Waals surface area (Å²) in [5.74, 6) is -0.792. The first-order valence-electron chi connectivity index (χ1n) is 5.92. The number of ether oxygens (including phenoxy) is 1. The zero-order valence-corrected chi connectivity index (χ0v) is 10.7. The number of carbonyl (C=O) groups is 2. The molecule has 5 nitrogen and oxygen atoms in total. The van der Waals surface area contributed by atoms with Crippen molar-refractivity contribution in [1.82, 2.24) is 4.90 Å². The highest BCUT2D eigenvalue weighted by molar-refractivity contribution is 6.00. The number of amides is 1. The van der Waals surface area contributed by atoms with E-state index in [0.717, 1.165) is 6.61 Å². The van der Waals surface area contributed by atoms with E-state index in [2.05, 4.69) is 0 Å². The number of hydrogen-bond acceptors (Lipinski definition) is 3. The second kappa shape index (κ2) is 5.49. The average molecular weight is 243 g/mol. The van der Waals surface area contributed by atoms with Crippen molar-refractivity contribution in [1.29, 1.82) is 0 Å². The van der Waals surface area contributed by atoms with Gasteiger partial charge in [-0.25, -0.2) is 0 Å². The molecule has 0 atom stereocenters. The van der Waals surface area contributed by atoms with Crippen LogP contribution in [0.25, 0.3) is 0 Å². The van der Waals surface area contributed by atoms with Crippen LogP contribution in [0.1, 0.15) is 26.7 Å². The van der Waals surface area contributed by atoms with Crippen LogP contribution in [0.15, 0.2) is 0 Å². The zero-order valence-electron chi connectivity index (χ0n) is 10.7. The molecule has 0 unspecified atom stereocenters. The molecule has 0 saturated heterocycles. The quantitative estimate of drug-likeness (QED) is 0.534. The SMILES string of the molecule is CN(CCOCC1CC1)C(=O)C(C)(C)C(=O)O. The maximum atomic E-state index is 11.8. The van der Waals surface area contributed by atoms with E-state index < -0.39 is 11.4 Å². The molecule has 1 fully saturated rings. The molecule has 98 valence electrons. The van der Waals surface area contributed by atoms with Gasteiger partial charge >= 0.3 is 5.97 Å². The fourth-order valence-corrected chi connectivity index (χ4v) is 1.41. The highest BCUT2D eigenvalue weighted by Crippen LogP contribution is 2.28. The molecule has 1 aliphatic rings. The van der Waals surface area contributed by atoms with Gasteiger partial charge in [-0.1, -0.05) is 0 Å². The summed E-state index contributed by atoms with van der Waals surface area (Å²) in [6.07, 6.45) is 2.47. The van der Waals surface area contributed by atoms with Gasteiger partial charge in [0, 0.05) is 20.2 Å². The summed E-state index contributed by atoms with van der Waals surface area (Å²) in [5, 5.41) is 8.93. The predicted octanol–water partition coefficient (Wildman–Crippen LogP) is 0.982. The number of carboxylic acid groups (broad SMARTS) is 1. The maximum Gasteiger partial charge on any atom is 0.318 e. The Balaban J connectivity index is 2.27. The number of aliphatic carboxylic acids is 1. The van der Waals surface area contributed by atoms with E-state index in [1.54, 1.807) is 7.05 Å². The molecule has 1 aliphatic carbocycles. The number of carboxylic acids is 1. The Hall–Kier alpha value is -1.10. The number of carbonyl (C=O) groups excluding carboxylic acids is 1. The maximum absolute atomic E-state index is 11.8. The molecule has 5 heteroatoms. The highest BCUT2D eigenvalue weighted by Gasteiger charge is 2.38. The van der Waals surface area contributed by atoms with Gasteiger partial charge in [-0.2, -0.15) is 0 Å². The summed E-state index contributed by atoms with van der Waals surface area (Å²) in [6.45, 7) is 4.49. The Kier molecular flexibility index (Phi) is 4.51. The first kappa shape index (κ1) is 14.0. The van der Waals surface area contributed by atoms with Crippen molar-refractivity contribution in [2.75, 3.05) is 26.8 Å². The van der Waals surface area contributed by atoms with E-state index in [4.69, 9.17) is 9.84 Å². The number of nitrogens with zero attached hydrogens (tertiary/aromatic N) is 1. The Morgan fingerprint density at radius 2 is 2.00 bits per heavy atom. The second-order valence-electron chi connectivity index (χ2n) is 5.18. The lowest BCUT2D eigenvalue weighted by Crippen LogP contribution is -2.44. The van der Waals surface area contributed by atoms with Gasteiger partial charge in [0.1, 0.15) is 5.41 Å². The molecule has 0 aromatic heterocycles. The third-order valence-corrected chi connectivity index (χ3v) is 3.04. The average Bonchev–Trinajstić information content (AvgIpc) is 3.06. The Bertz CT molecular complexity index is 297. The molecule has 0 aromatic carbocycles. The minimum absolute atomic E-state index is 0.389. The molecule has 1 rings (SSSR count). The normalized spacial score (nSPS) is 15.7. The van der Waals surface area contributed by atoms with Crippen LogP contribution in [0.2, 0.25) is 0 Å². The number of hydrogen-bond donors (Lipinski definition) is 1. The van der Waals surface area contributed by atoms with Gasteiger partial charge in [-0.15, -0.1) is 0 Å². The summed E-state index contributed by atoms with van der Waals surface area (Å²) >= 11 is 0. The van der Waals surface area contributed by atoms with Crippen molar-refractivity contribution >= 4 is 11.9 Å². The lowest BCUT2D eigenvalue weighted by atomic mass is 9.92. The van der Waals surface area contributed by atoms with E-state index in [1.165, 1.54) is 31.6 Å². The van der Waals surface area contributed by atoms with Crippen molar-refractivity contribution in [3.05, 3.63) is 0 Å². The van der Waals surface area contributed by atoms with Crippen molar-refractivity contribution < 1.29 is 19.4 Å². The van der Waals surface area contributed by atoms with Crippen LogP contribution in [-0.2, 0) is 14.3 Å². The van der Waals surface area contributed by atoms with Gasteiger partial charge in [-0.3, -0.25) is 9.59 Å². The predicted molar refractivity (Wildman–Crippen MR) is 62.6 cm³/mol. The van der Waals surface area contributed by atoms with Crippen molar-refractivity contribution in [2.24, 2.45) is 11.3 Å². The molecule has 1 N–H and O–H groups in total. The monoisotopic (exact) mass is 243 g/mol. The number of rotatable bonds is 7. The summed E-state index contributed by atoms with van der Waals surface area (Å²) in [6, 6.07) is 0. The molecular formula is C12H21NO4. The smallest absolute Gasteiger partial charge is 0.318 e. The van der Waals surface area contributed by atoms with Crippen LogP contribution in [-0.4, -0.2) is 48.7 Å². The third kappa shape index (κ3) is 4.00. The molecule has 1 amide bonds. The topological polar surface area (TPSA) is 66.8 Å². The van der Waals surface area contributed by atoms with Crippen LogP contribution in [0.5, 0.6) is 0 Å². The second-order valence-corrected chi connectivity index (χ2v) is 5.18. The summed E-state index contributed by atoms with van der Waals surface area (Å²) in [4.78, 5) is 24.2. The van der Waals surface area contributed by atoms with Crippen LogP contribution >= 0.6 is 0 Å². The molecule has 0 aromatic rings. The van der Waals surface area contributed by atoms with E-state index in [1.807, 2.05) is 0 Å². The zero-order chi connectivity index (χ0) is 13.1. The summed E-state index contributed by atoms with van der Waals surface area (Å²) < 4.78 is 5.41. The van der Waals surface area contributed by atoms with Crippen molar-refractivity contribution in [3.8, 4) is 0 Å². The Labute approximate surface area is 102 Å². The van der Waals surface area contributed by atoms with E-state index in [9.17, 15) is 9.59 Å². The molecule has 0 spiro atoms. The molecule has 0 heterocycles.